The molecule has 0 bridgehead atoms. The van der Waals surface area contributed by atoms with Crippen molar-refractivity contribution in [2.24, 2.45) is 0 Å². The number of hydrogen-bond donors (Lipinski definition) is 0. The van der Waals surface area contributed by atoms with Crippen molar-refractivity contribution in [3.63, 3.8) is 0 Å². The monoisotopic (exact) mass is 348 g/mol. The van der Waals surface area contributed by atoms with Crippen LogP contribution in [0.2, 0.25) is 0 Å². The first-order valence-corrected chi connectivity index (χ1v) is 7.25. The second-order valence-corrected chi connectivity index (χ2v) is 6.74. The summed E-state index contributed by atoms with van der Waals surface area (Å²) in [5, 5.41) is 4.16. The van der Waals surface area contributed by atoms with Gasteiger partial charge in [-0.05, 0) is 61.0 Å². The third-order valence-electron chi connectivity index (χ3n) is 1.66. The van der Waals surface area contributed by atoms with Crippen LogP contribution in [-0.4, -0.2) is 0 Å². The Hall–Kier alpha value is 0.1000. The second kappa shape index (κ2) is 4.75. The summed E-state index contributed by atoms with van der Waals surface area (Å²) >= 11 is 10.4. The van der Waals surface area contributed by atoms with Crippen molar-refractivity contribution in [2.75, 3.05) is 0 Å². The maximum atomic E-state index is 3.51. The van der Waals surface area contributed by atoms with Gasteiger partial charge in [0.25, 0.3) is 0 Å². The molecule has 0 fully saturated rings. The van der Waals surface area contributed by atoms with Crippen LogP contribution >= 0.6 is 54.5 Å². The van der Waals surface area contributed by atoms with Gasteiger partial charge in [-0.3, -0.25) is 0 Å². The highest BCUT2D eigenvalue weighted by molar-refractivity contribution is 9.11. The van der Waals surface area contributed by atoms with Gasteiger partial charge < -0.3 is 0 Å². The minimum atomic E-state index is 1.14. The largest absolute Gasteiger partial charge is 0.143 e. The van der Waals surface area contributed by atoms with Gasteiger partial charge >= 0.3 is 0 Å². The molecule has 2 aromatic heterocycles. The summed E-state index contributed by atoms with van der Waals surface area (Å²) in [6, 6.07) is 4.22. The van der Waals surface area contributed by atoms with E-state index in [1.807, 2.05) is 0 Å². The van der Waals surface area contributed by atoms with Gasteiger partial charge in [0, 0.05) is 14.7 Å². The lowest BCUT2D eigenvalue weighted by molar-refractivity contribution is 1.83. The summed E-state index contributed by atoms with van der Waals surface area (Å²) in [5.41, 5.74) is 1.24. The van der Waals surface area contributed by atoms with E-state index in [9.17, 15) is 0 Å². The molecule has 72 valence electrons. The number of thiophene rings is 2. The fraction of sp³-hybridized carbons (Fsp3) is 0. The molecule has 0 atom stereocenters. The molecule has 2 aromatic rings. The van der Waals surface area contributed by atoms with E-state index in [-0.39, 0.29) is 0 Å². The Labute approximate surface area is 108 Å². The van der Waals surface area contributed by atoms with Crippen LogP contribution in [0.4, 0.5) is 0 Å². The van der Waals surface area contributed by atoms with Crippen molar-refractivity contribution in [1.82, 2.24) is 0 Å². The SMILES string of the molecule is Brc1csc(C=Cc2ccsc2Br)c1. The van der Waals surface area contributed by atoms with Crippen LogP contribution in [0.25, 0.3) is 12.2 Å². The van der Waals surface area contributed by atoms with Crippen molar-refractivity contribution in [3.05, 3.63) is 41.6 Å². The quantitative estimate of drug-likeness (QED) is 0.671. The van der Waals surface area contributed by atoms with Gasteiger partial charge in [0.05, 0.1) is 3.79 Å². The van der Waals surface area contributed by atoms with Crippen LogP contribution in [0.15, 0.2) is 31.2 Å². The number of hydrogen-bond acceptors (Lipinski definition) is 2. The van der Waals surface area contributed by atoms with Gasteiger partial charge in [0.15, 0.2) is 0 Å². The van der Waals surface area contributed by atoms with E-state index < -0.39 is 0 Å². The third kappa shape index (κ3) is 2.57. The lowest BCUT2D eigenvalue weighted by Gasteiger charge is -1.86. The lowest BCUT2D eigenvalue weighted by Crippen LogP contribution is -1.62. The van der Waals surface area contributed by atoms with E-state index in [1.54, 1.807) is 22.7 Å². The van der Waals surface area contributed by atoms with E-state index in [1.165, 1.54) is 14.2 Å². The molecule has 0 aliphatic carbocycles. The van der Waals surface area contributed by atoms with Crippen LogP contribution < -0.4 is 0 Å². The van der Waals surface area contributed by atoms with Crippen LogP contribution in [0.5, 0.6) is 0 Å². The second-order valence-electron chi connectivity index (χ2n) is 2.65. The summed E-state index contributed by atoms with van der Waals surface area (Å²) in [5.74, 6) is 0. The molecule has 0 aromatic carbocycles. The average Bonchev–Trinajstić information content (AvgIpc) is 2.72. The smallest absolute Gasteiger partial charge is 0.0770 e. The van der Waals surface area contributed by atoms with Crippen molar-refractivity contribution >= 4 is 66.7 Å². The first kappa shape index (κ1) is 10.6. The van der Waals surface area contributed by atoms with Gasteiger partial charge in [-0.2, -0.15) is 0 Å². The van der Waals surface area contributed by atoms with Crippen molar-refractivity contribution in [3.8, 4) is 0 Å². The summed E-state index contributed by atoms with van der Waals surface area (Å²) in [7, 11) is 0. The molecule has 2 rings (SSSR count). The Bertz CT molecular complexity index is 454. The fourth-order valence-electron chi connectivity index (χ4n) is 1.01. The van der Waals surface area contributed by atoms with Crippen LogP contribution in [0.1, 0.15) is 10.4 Å². The first-order chi connectivity index (χ1) is 6.75. The molecule has 0 aliphatic heterocycles. The van der Waals surface area contributed by atoms with Crippen molar-refractivity contribution in [2.45, 2.75) is 0 Å². The molecular formula is C10H6Br2S2. The molecular weight excluding hydrogens is 344 g/mol. The Morgan fingerprint density at radius 2 is 2.00 bits per heavy atom. The fourth-order valence-corrected chi connectivity index (χ4v) is 3.54. The Balaban J connectivity index is 2.19. The third-order valence-corrected chi connectivity index (χ3v) is 5.05. The molecule has 0 radical (unpaired) electrons. The first-order valence-electron chi connectivity index (χ1n) is 3.91. The van der Waals surface area contributed by atoms with Gasteiger partial charge in [0.2, 0.25) is 0 Å². The van der Waals surface area contributed by atoms with E-state index in [2.05, 4.69) is 66.9 Å². The van der Waals surface area contributed by atoms with Crippen LogP contribution in [-0.2, 0) is 0 Å². The Morgan fingerprint density at radius 1 is 1.14 bits per heavy atom. The number of halogens is 2. The van der Waals surface area contributed by atoms with E-state index >= 15 is 0 Å². The Kier molecular flexibility index (Phi) is 3.60. The van der Waals surface area contributed by atoms with Gasteiger partial charge in [-0.1, -0.05) is 6.08 Å². The molecule has 4 heteroatoms. The summed E-state index contributed by atoms with van der Waals surface area (Å²) < 4.78 is 2.33. The molecule has 0 spiro atoms. The predicted molar refractivity (Wildman–Crippen MR) is 73.0 cm³/mol. The van der Waals surface area contributed by atoms with E-state index in [0.717, 1.165) is 4.47 Å². The van der Waals surface area contributed by atoms with E-state index in [4.69, 9.17) is 0 Å². The molecule has 14 heavy (non-hydrogen) atoms. The predicted octanol–water partition coefficient (Wildman–Crippen LogP) is 5.51. The molecule has 0 saturated heterocycles. The highest BCUT2D eigenvalue weighted by Crippen LogP contribution is 2.27. The normalized spacial score (nSPS) is 11.3. The molecule has 2 heterocycles. The average molecular weight is 350 g/mol. The van der Waals surface area contributed by atoms with Gasteiger partial charge in [-0.15, -0.1) is 22.7 Å². The van der Waals surface area contributed by atoms with Crippen LogP contribution in [0, 0.1) is 0 Å². The molecule has 0 unspecified atom stereocenters. The molecule has 0 N–H and O–H groups in total. The Morgan fingerprint density at radius 3 is 2.57 bits per heavy atom. The molecule has 0 saturated carbocycles. The topological polar surface area (TPSA) is 0 Å². The molecule has 0 aliphatic rings. The molecule has 0 amide bonds. The summed E-state index contributed by atoms with van der Waals surface area (Å²) in [6.07, 6.45) is 4.25. The van der Waals surface area contributed by atoms with Crippen molar-refractivity contribution in [1.29, 1.82) is 0 Å². The van der Waals surface area contributed by atoms with Gasteiger partial charge in [0.1, 0.15) is 0 Å². The standard InChI is InChI=1S/C10H6Br2S2/c11-8-5-9(14-6-8)2-1-7-3-4-13-10(7)12/h1-6H. The highest BCUT2D eigenvalue weighted by atomic mass is 79.9. The summed E-state index contributed by atoms with van der Waals surface area (Å²) in [4.78, 5) is 1.26. The molecule has 0 nitrogen and oxygen atoms in total. The number of rotatable bonds is 2. The zero-order valence-electron chi connectivity index (χ0n) is 7.04. The minimum absolute atomic E-state index is 1.14. The van der Waals surface area contributed by atoms with E-state index in [0.29, 0.717) is 0 Å². The lowest BCUT2D eigenvalue weighted by atomic mass is 10.3. The zero-order chi connectivity index (χ0) is 9.97. The maximum absolute atomic E-state index is 3.51. The minimum Gasteiger partial charge on any atom is -0.143 e. The maximum Gasteiger partial charge on any atom is 0.0770 e. The van der Waals surface area contributed by atoms with Gasteiger partial charge in [-0.25, -0.2) is 0 Å². The highest BCUT2D eigenvalue weighted by Gasteiger charge is 1.96. The summed E-state index contributed by atoms with van der Waals surface area (Å²) in [6.45, 7) is 0. The van der Waals surface area contributed by atoms with Crippen molar-refractivity contribution < 1.29 is 0 Å². The zero-order valence-corrected chi connectivity index (χ0v) is 11.8. The van der Waals surface area contributed by atoms with Crippen LogP contribution in [0.3, 0.4) is 0 Å².